The summed E-state index contributed by atoms with van der Waals surface area (Å²) in [6.45, 7) is 0.488. The number of methoxy groups -OCH3 is 2. The van der Waals surface area contributed by atoms with Crippen molar-refractivity contribution in [3.63, 3.8) is 0 Å². The molecule has 5 nitrogen and oxygen atoms in total. The third kappa shape index (κ3) is 3.37. The molecule has 0 aliphatic heterocycles. The summed E-state index contributed by atoms with van der Waals surface area (Å²) in [6.07, 6.45) is 0. The van der Waals surface area contributed by atoms with E-state index in [4.69, 9.17) is 21.1 Å². The number of hydrogen-bond acceptors (Lipinski definition) is 5. The number of pyridine rings is 1. The molecular weight excluding hydrogens is 396 g/mol. The molecule has 142 valence electrons. The van der Waals surface area contributed by atoms with Gasteiger partial charge in [0.25, 0.3) is 0 Å². The van der Waals surface area contributed by atoms with Crippen molar-refractivity contribution >= 4 is 39.8 Å². The van der Waals surface area contributed by atoms with E-state index in [1.807, 2.05) is 23.6 Å². The van der Waals surface area contributed by atoms with Crippen LogP contribution in [0.4, 0.5) is 0 Å². The van der Waals surface area contributed by atoms with Crippen LogP contribution in [0.5, 0.6) is 5.75 Å². The first-order chi connectivity index (χ1) is 13.6. The Morgan fingerprint density at radius 3 is 2.79 bits per heavy atom. The zero-order valence-corrected chi connectivity index (χ0v) is 16.9. The highest BCUT2D eigenvalue weighted by molar-refractivity contribution is 7.08. The van der Waals surface area contributed by atoms with Crippen molar-refractivity contribution < 1.29 is 14.3 Å². The van der Waals surface area contributed by atoms with Crippen LogP contribution in [-0.4, -0.2) is 29.7 Å². The third-order valence-electron chi connectivity index (χ3n) is 4.51. The molecule has 1 aromatic carbocycles. The van der Waals surface area contributed by atoms with Gasteiger partial charge >= 0.3 is 5.97 Å². The van der Waals surface area contributed by atoms with Crippen molar-refractivity contribution in [1.82, 2.24) is 9.55 Å². The van der Waals surface area contributed by atoms with Gasteiger partial charge < -0.3 is 14.0 Å². The number of esters is 1. The normalized spacial score (nSPS) is 11.0. The molecule has 0 saturated carbocycles. The van der Waals surface area contributed by atoms with Gasteiger partial charge in [-0.25, -0.2) is 9.78 Å². The van der Waals surface area contributed by atoms with Gasteiger partial charge in [0, 0.05) is 16.3 Å². The van der Waals surface area contributed by atoms with Crippen LogP contribution in [0.2, 0.25) is 5.02 Å². The molecule has 7 heteroatoms. The van der Waals surface area contributed by atoms with Crippen molar-refractivity contribution in [3.05, 3.63) is 69.6 Å². The molecule has 0 atom stereocenters. The van der Waals surface area contributed by atoms with Crippen LogP contribution < -0.4 is 4.74 Å². The standard InChI is InChI=1S/C21H17ClN2O3S/c1-26-20-9-14-8-18(13-6-7-28-12-13)24(19(14)10-16(20)22)11-15-4-3-5-17(23-15)21(25)27-2/h3-10,12H,11H2,1-2H3. The Hall–Kier alpha value is -2.83. The van der Waals surface area contributed by atoms with Gasteiger partial charge in [-0.3, -0.25) is 0 Å². The molecular formula is C21H17ClN2O3S. The van der Waals surface area contributed by atoms with Crippen molar-refractivity contribution in [2.75, 3.05) is 14.2 Å². The molecule has 0 amide bonds. The molecule has 4 aromatic rings. The zero-order chi connectivity index (χ0) is 19.7. The molecule has 0 aliphatic carbocycles. The molecule has 0 unspecified atom stereocenters. The lowest BCUT2D eigenvalue weighted by Gasteiger charge is -2.11. The number of fused-ring (bicyclic) bond motifs is 1. The highest BCUT2D eigenvalue weighted by atomic mass is 35.5. The lowest BCUT2D eigenvalue weighted by molar-refractivity contribution is 0.0593. The summed E-state index contributed by atoms with van der Waals surface area (Å²) < 4.78 is 12.3. The highest BCUT2D eigenvalue weighted by Crippen LogP contribution is 2.36. The van der Waals surface area contributed by atoms with E-state index in [1.165, 1.54) is 7.11 Å². The van der Waals surface area contributed by atoms with Crippen molar-refractivity contribution in [1.29, 1.82) is 0 Å². The number of ether oxygens (including phenoxy) is 2. The van der Waals surface area contributed by atoms with Crippen LogP contribution >= 0.6 is 22.9 Å². The minimum atomic E-state index is -0.454. The lowest BCUT2D eigenvalue weighted by atomic mass is 10.2. The maximum atomic E-state index is 11.8. The van der Waals surface area contributed by atoms with Gasteiger partial charge in [0.1, 0.15) is 11.4 Å². The largest absolute Gasteiger partial charge is 0.495 e. The first-order valence-electron chi connectivity index (χ1n) is 8.54. The average Bonchev–Trinajstić information content (AvgIpc) is 3.35. The van der Waals surface area contributed by atoms with Crippen molar-refractivity contribution in [3.8, 4) is 17.0 Å². The Morgan fingerprint density at radius 1 is 1.21 bits per heavy atom. The van der Waals surface area contributed by atoms with Gasteiger partial charge in [0.15, 0.2) is 0 Å². The summed E-state index contributed by atoms with van der Waals surface area (Å²) in [6, 6.07) is 13.4. The second-order valence-corrected chi connectivity index (χ2v) is 7.37. The van der Waals surface area contributed by atoms with Crippen LogP contribution in [0.25, 0.3) is 22.2 Å². The fourth-order valence-corrected chi connectivity index (χ4v) is 4.07. The smallest absolute Gasteiger partial charge is 0.356 e. The van der Waals surface area contributed by atoms with E-state index >= 15 is 0 Å². The number of rotatable bonds is 5. The number of halogens is 1. The Balaban J connectivity index is 1.86. The fraction of sp³-hybridized carbons (Fsp3) is 0.143. The number of hydrogen-bond donors (Lipinski definition) is 0. The van der Waals surface area contributed by atoms with Gasteiger partial charge in [-0.2, -0.15) is 11.3 Å². The van der Waals surface area contributed by atoms with Gasteiger partial charge in [-0.05, 0) is 41.8 Å². The Bertz CT molecular complexity index is 1150. The average molecular weight is 413 g/mol. The van der Waals surface area contributed by atoms with Crippen LogP contribution in [0, 0.1) is 0 Å². The predicted molar refractivity (Wildman–Crippen MR) is 111 cm³/mol. The summed E-state index contributed by atoms with van der Waals surface area (Å²) >= 11 is 8.02. The Morgan fingerprint density at radius 2 is 2.07 bits per heavy atom. The first-order valence-corrected chi connectivity index (χ1v) is 9.86. The first kappa shape index (κ1) is 18.5. The number of nitrogens with zero attached hydrogens (tertiary/aromatic N) is 2. The second kappa shape index (κ2) is 7.66. The molecule has 4 rings (SSSR count). The van der Waals surface area contributed by atoms with Gasteiger partial charge in [0.2, 0.25) is 0 Å². The summed E-state index contributed by atoms with van der Waals surface area (Å²) in [5.74, 6) is 0.180. The molecule has 3 heterocycles. The Kier molecular flexibility index (Phi) is 5.07. The second-order valence-electron chi connectivity index (χ2n) is 6.18. The topological polar surface area (TPSA) is 53.4 Å². The van der Waals surface area contributed by atoms with Gasteiger partial charge in [-0.1, -0.05) is 17.7 Å². The Labute approximate surface area is 171 Å². The van der Waals surface area contributed by atoms with Crippen LogP contribution in [0.3, 0.4) is 0 Å². The summed E-state index contributed by atoms with van der Waals surface area (Å²) in [5, 5.41) is 5.71. The third-order valence-corrected chi connectivity index (χ3v) is 5.49. The predicted octanol–water partition coefficient (Wildman–Crippen LogP) is 5.26. The van der Waals surface area contributed by atoms with Crippen molar-refractivity contribution in [2.24, 2.45) is 0 Å². The fourth-order valence-electron chi connectivity index (χ4n) is 3.19. The molecule has 0 fully saturated rings. The van der Waals surface area contributed by atoms with E-state index in [9.17, 15) is 4.79 Å². The molecule has 0 spiro atoms. The molecule has 0 radical (unpaired) electrons. The van der Waals surface area contributed by atoms with E-state index in [-0.39, 0.29) is 5.69 Å². The maximum Gasteiger partial charge on any atom is 0.356 e. The number of benzene rings is 1. The highest BCUT2D eigenvalue weighted by Gasteiger charge is 2.16. The maximum absolute atomic E-state index is 11.8. The van der Waals surface area contributed by atoms with E-state index < -0.39 is 5.97 Å². The molecule has 28 heavy (non-hydrogen) atoms. The van der Waals surface area contributed by atoms with Gasteiger partial charge in [-0.15, -0.1) is 0 Å². The monoisotopic (exact) mass is 412 g/mol. The summed E-state index contributed by atoms with van der Waals surface area (Å²) in [4.78, 5) is 16.3. The summed E-state index contributed by atoms with van der Waals surface area (Å²) in [5.41, 5.74) is 4.17. The number of carbonyl (C=O) groups excluding carboxylic acids is 1. The zero-order valence-electron chi connectivity index (χ0n) is 15.3. The molecule has 3 aromatic heterocycles. The van der Waals surface area contributed by atoms with Gasteiger partial charge in [0.05, 0.1) is 42.7 Å². The summed E-state index contributed by atoms with van der Waals surface area (Å²) in [7, 11) is 2.95. The van der Waals surface area contributed by atoms with Crippen LogP contribution in [-0.2, 0) is 11.3 Å². The molecule has 0 bridgehead atoms. The minimum Gasteiger partial charge on any atom is -0.495 e. The molecule has 0 aliphatic rings. The molecule has 0 N–H and O–H groups in total. The minimum absolute atomic E-state index is 0.285. The van der Waals surface area contributed by atoms with Crippen molar-refractivity contribution in [2.45, 2.75) is 6.54 Å². The lowest BCUT2D eigenvalue weighted by Crippen LogP contribution is -2.08. The SMILES string of the molecule is COC(=O)c1cccc(Cn2c(-c3ccsc3)cc3cc(OC)c(Cl)cc32)n1. The van der Waals surface area contributed by atoms with E-state index in [2.05, 4.69) is 27.1 Å². The van der Waals surface area contributed by atoms with Crippen LogP contribution in [0.1, 0.15) is 16.2 Å². The number of aromatic nitrogens is 2. The number of carbonyl (C=O) groups is 1. The number of thiophene rings is 1. The quantitative estimate of drug-likeness (QED) is 0.419. The van der Waals surface area contributed by atoms with Crippen LogP contribution in [0.15, 0.2) is 53.2 Å². The van der Waals surface area contributed by atoms with E-state index in [0.29, 0.717) is 17.3 Å². The van der Waals surface area contributed by atoms with E-state index in [1.54, 1.807) is 30.6 Å². The molecule has 0 saturated heterocycles. The van der Waals surface area contributed by atoms with E-state index in [0.717, 1.165) is 27.9 Å².